The van der Waals surface area contributed by atoms with Crippen LogP contribution in [0.4, 0.5) is 0 Å². The maximum absolute atomic E-state index is 13.6. The summed E-state index contributed by atoms with van der Waals surface area (Å²) in [6, 6.07) is 6.56. The molecule has 4 rings (SSSR count). The Morgan fingerprint density at radius 3 is 2.58 bits per heavy atom. The zero-order valence-corrected chi connectivity index (χ0v) is 19.6. The lowest BCUT2D eigenvalue weighted by atomic mass is 9.95. The molecule has 2 N–H and O–H groups in total. The standard InChI is InChI=1S/C24H33N3O3S/c1-5-14(2)18(20(28)25-15-10-6-7-11-15)26-21(29)19-24(3,4)31-23-17-13-9-8-12-16(17)22(30)27(19)23/h8-9,12-15,18-19,23H,5-7,10-11H2,1-4H3,(H,25,28)(H,26,29)/t14-,18-,19+,23+/m0/s1. The Bertz CT molecular complexity index is 881. The Morgan fingerprint density at radius 2 is 1.90 bits per heavy atom. The Hall–Kier alpha value is -2.02. The fourth-order valence-electron chi connectivity index (χ4n) is 5.10. The van der Waals surface area contributed by atoms with Gasteiger partial charge in [0.15, 0.2) is 0 Å². The first-order valence-corrected chi connectivity index (χ1v) is 12.3. The molecule has 2 aliphatic heterocycles. The molecule has 31 heavy (non-hydrogen) atoms. The Kier molecular flexibility index (Phi) is 6.08. The molecular weight excluding hydrogens is 410 g/mol. The summed E-state index contributed by atoms with van der Waals surface area (Å²) in [5.74, 6) is -0.446. The summed E-state index contributed by atoms with van der Waals surface area (Å²) in [6.07, 6.45) is 5.06. The lowest BCUT2D eigenvalue weighted by Gasteiger charge is -2.32. The highest BCUT2D eigenvalue weighted by molar-refractivity contribution is 8.01. The van der Waals surface area contributed by atoms with Crippen molar-refractivity contribution in [3.05, 3.63) is 35.4 Å². The summed E-state index contributed by atoms with van der Waals surface area (Å²) in [5, 5.41) is 6.02. The number of nitrogens with one attached hydrogen (secondary N) is 2. The van der Waals surface area contributed by atoms with Crippen LogP contribution in [0.15, 0.2) is 24.3 Å². The number of thioether (sulfide) groups is 1. The lowest BCUT2D eigenvalue weighted by molar-refractivity contribution is -0.133. The van der Waals surface area contributed by atoms with Crippen LogP contribution in [0.5, 0.6) is 0 Å². The van der Waals surface area contributed by atoms with Crippen molar-refractivity contribution < 1.29 is 14.4 Å². The van der Waals surface area contributed by atoms with Crippen molar-refractivity contribution in [1.29, 1.82) is 0 Å². The molecule has 7 heteroatoms. The van der Waals surface area contributed by atoms with Gasteiger partial charge in [-0.25, -0.2) is 0 Å². The molecule has 168 valence electrons. The second-order valence-electron chi connectivity index (χ2n) is 9.64. The van der Waals surface area contributed by atoms with E-state index in [4.69, 9.17) is 0 Å². The van der Waals surface area contributed by atoms with E-state index in [-0.39, 0.29) is 35.1 Å². The van der Waals surface area contributed by atoms with E-state index in [0.717, 1.165) is 37.7 Å². The lowest BCUT2D eigenvalue weighted by Crippen LogP contribution is -2.59. The van der Waals surface area contributed by atoms with Crippen LogP contribution in [0, 0.1) is 5.92 Å². The molecule has 1 aromatic rings. The van der Waals surface area contributed by atoms with E-state index >= 15 is 0 Å². The molecule has 0 aromatic heterocycles. The Balaban J connectivity index is 1.55. The first-order chi connectivity index (χ1) is 14.7. The van der Waals surface area contributed by atoms with Crippen molar-refractivity contribution in [2.75, 3.05) is 0 Å². The molecule has 1 saturated heterocycles. The summed E-state index contributed by atoms with van der Waals surface area (Å²) >= 11 is 1.64. The third-order valence-corrected chi connectivity index (χ3v) is 8.57. The van der Waals surface area contributed by atoms with Gasteiger partial charge in [0, 0.05) is 16.4 Å². The normalized spacial score (nSPS) is 26.3. The zero-order valence-electron chi connectivity index (χ0n) is 18.8. The molecule has 1 saturated carbocycles. The predicted octanol–water partition coefficient (Wildman–Crippen LogP) is 3.62. The predicted molar refractivity (Wildman–Crippen MR) is 123 cm³/mol. The molecule has 0 radical (unpaired) electrons. The molecule has 6 nitrogen and oxygen atoms in total. The minimum atomic E-state index is -0.631. The van der Waals surface area contributed by atoms with Gasteiger partial charge in [-0.3, -0.25) is 14.4 Å². The number of benzene rings is 1. The van der Waals surface area contributed by atoms with Crippen molar-refractivity contribution in [3.8, 4) is 0 Å². The molecular formula is C24H33N3O3S. The number of fused-ring (bicyclic) bond motifs is 3. The number of amides is 3. The molecule has 3 amide bonds. The van der Waals surface area contributed by atoms with Crippen LogP contribution >= 0.6 is 11.8 Å². The Morgan fingerprint density at radius 1 is 1.23 bits per heavy atom. The van der Waals surface area contributed by atoms with Crippen LogP contribution in [0.1, 0.15) is 81.1 Å². The molecule has 2 heterocycles. The van der Waals surface area contributed by atoms with E-state index in [9.17, 15) is 14.4 Å². The van der Waals surface area contributed by atoms with Crippen LogP contribution in [-0.4, -0.2) is 45.5 Å². The van der Waals surface area contributed by atoms with Gasteiger partial charge in [0.25, 0.3) is 5.91 Å². The van der Waals surface area contributed by atoms with E-state index < -0.39 is 16.8 Å². The molecule has 0 spiro atoms. The van der Waals surface area contributed by atoms with Gasteiger partial charge >= 0.3 is 0 Å². The van der Waals surface area contributed by atoms with Crippen LogP contribution in [0.25, 0.3) is 0 Å². The van der Waals surface area contributed by atoms with Gasteiger partial charge in [-0.2, -0.15) is 0 Å². The average Bonchev–Trinajstić information content (AvgIpc) is 3.41. The highest BCUT2D eigenvalue weighted by Crippen LogP contribution is 2.56. The highest BCUT2D eigenvalue weighted by Gasteiger charge is 2.57. The molecule has 1 aliphatic carbocycles. The SMILES string of the molecule is CC[C@H](C)[C@H](NC(=O)[C@H]1N2C(=O)c3ccccc3[C@H]2SC1(C)C)C(=O)NC1CCCC1. The van der Waals surface area contributed by atoms with Crippen molar-refractivity contribution in [1.82, 2.24) is 15.5 Å². The zero-order chi connectivity index (χ0) is 22.3. The van der Waals surface area contributed by atoms with Crippen LogP contribution in [-0.2, 0) is 9.59 Å². The smallest absolute Gasteiger partial charge is 0.256 e. The number of nitrogens with zero attached hydrogens (tertiary/aromatic N) is 1. The first-order valence-electron chi connectivity index (χ1n) is 11.4. The van der Waals surface area contributed by atoms with Gasteiger partial charge in [-0.05, 0) is 44.2 Å². The van der Waals surface area contributed by atoms with E-state index in [2.05, 4.69) is 10.6 Å². The van der Waals surface area contributed by atoms with E-state index in [1.165, 1.54) is 0 Å². The van der Waals surface area contributed by atoms with Gasteiger partial charge in [0.1, 0.15) is 17.5 Å². The Labute approximate surface area is 188 Å². The summed E-state index contributed by atoms with van der Waals surface area (Å²) in [5.41, 5.74) is 1.64. The van der Waals surface area contributed by atoms with Gasteiger partial charge < -0.3 is 15.5 Å². The molecule has 3 aliphatic rings. The van der Waals surface area contributed by atoms with Crippen molar-refractivity contribution in [3.63, 3.8) is 0 Å². The molecule has 0 unspecified atom stereocenters. The van der Waals surface area contributed by atoms with E-state index in [0.29, 0.717) is 5.56 Å². The second-order valence-corrected chi connectivity index (χ2v) is 11.4. The molecule has 0 bridgehead atoms. The number of rotatable bonds is 6. The van der Waals surface area contributed by atoms with Gasteiger partial charge in [0.2, 0.25) is 11.8 Å². The summed E-state index contributed by atoms with van der Waals surface area (Å²) in [7, 11) is 0. The van der Waals surface area contributed by atoms with E-state index in [1.54, 1.807) is 16.7 Å². The van der Waals surface area contributed by atoms with Crippen molar-refractivity contribution in [2.24, 2.45) is 5.92 Å². The fraction of sp³-hybridized carbons (Fsp3) is 0.625. The quantitative estimate of drug-likeness (QED) is 0.704. The number of hydrogen-bond acceptors (Lipinski definition) is 4. The van der Waals surface area contributed by atoms with Crippen LogP contribution in [0.2, 0.25) is 0 Å². The van der Waals surface area contributed by atoms with E-state index in [1.807, 2.05) is 52.0 Å². The third-order valence-electron chi connectivity index (χ3n) is 7.04. The van der Waals surface area contributed by atoms with Gasteiger partial charge in [0.05, 0.1) is 0 Å². The van der Waals surface area contributed by atoms with Crippen LogP contribution in [0.3, 0.4) is 0 Å². The topological polar surface area (TPSA) is 78.5 Å². The number of carbonyl (C=O) groups excluding carboxylic acids is 3. The van der Waals surface area contributed by atoms with Crippen LogP contribution < -0.4 is 10.6 Å². The van der Waals surface area contributed by atoms with Gasteiger partial charge in [-0.1, -0.05) is 51.3 Å². The average molecular weight is 444 g/mol. The monoisotopic (exact) mass is 443 g/mol. The maximum atomic E-state index is 13.6. The molecule has 4 atom stereocenters. The maximum Gasteiger partial charge on any atom is 0.256 e. The minimum Gasteiger partial charge on any atom is -0.352 e. The summed E-state index contributed by atoms with van der Waals surface area (Å²) in [4.78, 5) is 41.5. The number of carbonyl (C=O) groups is 3. The highest BCUT2D eigenvalue weighted by atomic mass is 32.2. The van der Waals surface area contributed by atoms with Gasteiger partial charge in [-0.15, -0.1) is 11.8 Å². The molecule has 2 fully saturated rings. The summed E-state index contributed by atoms with van der Waals surface area (Å²) < 4.78 is -0.458. The fourth-order valence-corrected chi connectivity index (χ4v) is 6.69. The molecule has 1 aromatic carbocycles. The van der Waals surface area contributed by atoms with Crippen molar-refractivity contribution in [2.45, 2.75) is 88.0 Å². The number of hydrogen-bond donors (Lipinski definition) is 2. The second kappa shape index (κ2) is 8.49. The minimum absolute atomic E-state index is 0.00444. The first kappa shape index (κ1) is 22.2. The summed E-state index contributed by atoms with van der Waals surface area (Å²) in [6.45, 7) is 8.03. The largest absolute Gasteiger partial charge is 0.352 e. The van der Waals surface area contributed by atoms with Crippen molar-refractivity contribution >= 4 is 29.5 Å². The third kappa shape index (κ3) is 3.97.